The standard InChI is InChI=1S/C22H18Cl2N4O/c23-15-3-1-13(2-4-15)21-26-20-7-8-28(12-18(20)22(29)27-21)11-14-10-25-19-6-5-16(24)9-17(14)19/h1-6,9-10,25H,7-8,11-12H2,(H,26,27,29). The molecule has 5 nitrogen and oxygen atoms in total. The largest absolute Gasteiger partial charge is 0.361 e. The lowest BCUT2D eigenvalue weighted by Crippen LogP contribution is -2.35. The summed E-state index contributed by atoms with van der Waals surface area (Å²) in [7, 11) is 0. The number of rotatable bonds is 3. The van der Waals surface area contributed by atoms with Crippen molar-refractivity contribution >= 4 is 34.1 Å². The zero-order valence-corrected chi connectivity index (χ0v) is 17.0. The van der Waals surface area contributed by atoms with Gasteiger partial charge in [-0.05, 0) is 48.0 Å². The molecule has 2 aromatic heterocycles. The van der Waals surface area contributed by atoms with Gasteiger partial charge in [0.05, 0.1) is 11.3 Å². The fourth-order valence-electron chi connectivity index (χ4n) is 3.88. The minimum atomic E-state index is -0.0772. The topological polar surface area (TPSA) is 64.8 Å². The molecule has 5 rings (SSSR count). The SMILES string of the molecule is O=c1[nH]c(-c2ccc(Cl)cc2)nc2c1CN(Cc1c[nH]c3ccc(Cl)cc13)CC2. The second-order valence-electron chi connectivity index (χ2n) is 7.31. The lowest BCUT2D eigenvalue weighted by molar-refractivity contribution is 0.242. The van der Waals surface area contributed by atoms with Crippen LogP contribution in [-0.4, -0.2) is 26.4 Å². The third-order valence-electron chi connectivity index (χ3n) is 5.39. The maximum absolute atomic E-state index is 12.8. The van der Waals surface area contributed by atoms with E-state index in [1.54, 1.807) is 12.1 Å². The molecule has 1 aliphatic rings. The van der Waals surface area contributed by atoms with Crippen LogP contribution >= 0.6 is 23.2 Å². The Morgan fingerprint density at radius 3 is 2.69 bits per heavy atom. The first kappa shape index (κ1) is 18.4. The fourth-order valence-corrected chi connectivity index (χ4v) is 4.18. The van der Waals surface area contributed by atoms with Crippen molar-refractivity contribution in [3.05, 3.63) is 85.9 Å². The smallest absolute Gasteiger partial charge is 0.255 e. The van der Waals surface area contributed by atoms with Crippen molar-refractivity contribution in [1.82, 2.24) is 19.9 Å². The van der Waals surface area contributed by atoms with Gasteiger partial charge in [0.1, 0.15) is 5.82 Å². The Labute approximate surface area is 177 Å². The second kappa shape index (κ2) is 7.34. The van der Waals surface area contributed by atoms with Crippen molar-refractivity contribution in [2.75, 3.05) is 6.54 Å². The van der Waals surface area contributed by atoms with Gasteiger partial charge < -0.3 is 9.97 Å². The van der Waals surface area contributed by atoms with Gasteiger partial charge in [-0.1, -0.05) is 23.2 Å². The van der Waals surface area contributed by atoms with Crippen LogP contribution in [0, 0.1) is 0 Å². The molecule has 0 fully saturated rings. The predicted octanol–water partition coefficient (Wildman–Crippen LogP) is 4.78. The molecule has 0 atom stereocenters. The summed E-state index contributed by atoms with van der Waals surface area (Å²) in [6, 6.07) is 13.2. The molecule has 0 aliphatic carbocycles. The van der Waals surface area contributed by atoms with Gasteiger partial charge in [-0.15, -0.1) is 0 Å². The quantitative estimate of drug-likeness (QED) is 0.497. The molecule has 4 aromatic rings. The number of hydrogen-bond acceptors (Lipinski definition) is 3. The van der Waals surface area contributed by atoms with Crippen molar-refractivity contribution in [2.24, 2.45) is 0 Å². The van der Waals surface area contributed by atoms with E-state index in [-0.39, 0.29) is 5.56 Å². The van der Waals surface area contributed by atoms with E-state index in [1.165, 1.54) is 5.56 Å². The van der Waals surface area contributed by atoms with Crippen molar-refractivity contribution in [2.45, 2.75) is 19.5 Å². The molecule has 0 spiro atoms. The van der Waals surface area contributed by atoms with Crippen LogP contribution < -0.4 is 5.56 Å². The van der Waals surface area contributed by atoms with E-state index in [1.807, 2.05) is 36.5 Å². The number of fused-ring (bicyclic) bond motifs is 2. The van der Waals surface area contributed by atoms with Crippen LogP contribution in [-0.2, 0) is 19.5 Å². The van der Waals surface area contributed by atoms with E-state index in [0.29, 0.717) is 17.4 Å². The normalized spacial score (nSPS) is 14.3. The van der Waals surface area contributed by atoms with Gasteiger partial charge in [-0.25, -0.2) is 4.98 Å². The summed E-state index contributed by atoms with van der Waals surface area (Å²) in [5.41, 5.74) is 4.63. The Hall–Kier alpha value is -2.60. The summed E-state index contributed by atoms with van der Waals surface area (Å²) in [5.74, 6) is 0.588. The lowest BCUT2D eigenvalue weighted by Gasteiger charge is -2.27. The van der Waals surface area contributed by atoms with Crippen molar-refractivity contribution in [3.63, 3.8) is 0 Å². The molecular weight excluding hydrogens is 407 g/mol. The molecule has 0 radical (unpaired) electrons. The third kappa shape index (κ3) is 3.57. The molecule has 29 heavy (non-hydrogen) atoms. The summed E-state index contributed by atoms with van der Waals surface area (Å²) < 4.78 is 0. The minimum absolute atomic E-state index is 0.0772. The van der Waals surface area contributed by atoms with Crippen LogP contribution in [0.2, 0.25) is 10.0 Å². The first-order valence-corrected chi connectivity index (χ1v) is 10.2. The highest BCUT2D eigenvalue weighted by atomic mass is 35.5. The minimum Gasteiger partial charge on any atom is -0.361 e. The molecule has 0 saturated carbocycles. The van der Waals surface area contributed by atoms with Gasteiger partial charge in [0.15, 0.2) is 0 Å². The summed E-state index contributed by atoms with van der Waals surface area (Å²) >= 11 is 12.1. The number of nitrogens with one attached hydrogen (secondary N) is 2. The van der Waals surface area contributed by atoms with Crippen LogP contribution in [0.15, 0.2) is 53.5 Å². The summed E-state index contributed by atoms with van der Waals surface area (Å²) in [5, 5.41) is 2.49. The monoisotopic (exact) mass is 424 g/mol. The number of H-pyrrole nitrogens is 2. The van der Waals surface area contributed by atoms with Gasteiger partial charge >= 0.3 is 0 Å². The molecule has 146 valence electrons. The first-order valence-electron chi connectivity index (χ1n) is 9.43. The first-order chi connectivity index (χ1) is 14.1. The fraction of sp³-hybridized carbons (Fsp3) is 0.182. The maximum Gasteiger partial charge on any atom is 0.255 e. The molecule has 0 unspecified atom stereocenters. The van der Waals surface area contributed by atoms with Crippen LogP contribution in [0.1, 0.15) is 16.8 Å². The zero-order chi connectivity index (χ0) is 20.0. The number of aromatic amines is 2. The highest BCUT2D eigenvalue weighted by molar-refractivity contribution is 6.31. The van der Waals surface area contributed by atoms with Crippen LogP contribution in [0.5, 0.6) is 0 Å². The van der Waals surface area contributed by atoms with E-state index < -0.39 is 0 Å². The van der Waals surface area contributed by atoms with Crippen LogP contribution in [0.4, 0.5) is 0 Å². The van der Waals surface area contributed by atoms with Crippen molar-refractivity contribution in [3.8, 4) is 11.4 Å². The predicted molar refractivity (Wildman–Crippen MR) is 116 cm³/mol. The molecule has 0 amide bonds. The van der Waals surface area contributed by atoms with Gasteiger partial charge in [-0.3, -0.25) is 9.69 Å². The van der Waals surface area contributed by atoms with Gasteiger partial charge in [0, 0.05) is 58.8 Å². The van der Waals surface area contributed by atoms with Crippen molar-refractivity contribution < 1.29 is 0 Å². The number of halogens is 2. The zero-order valence-electron chi connectivity index (χ0n) is 15.5. The van der Waals surface area contributed by atoms with Crippen LogP contribution in [0.3, 0.4) is 0 Å². The van der Waals surface area contributed by atoms with Gasteiger partial charge in [-0.2, -0.15) is 0 Å². The van der Waals surface area contributed by atoms with Gasteiger partial charge in [0.25, 0.3) is 5.56 Å². The Morgan fingerprint density at radius 2 is 1.86 bits per heavy atom. The molecular formula is C22H18Cl2N4O. The number of benzene rings is 2. The number of hydrogen-bond donors (Lipinski definition) is 2. The van der Waals surface area contributed by atoms with E-state index in [2.05, 4.69) is 14.9 Å². The molecule has 7 heteroatoms. The van der Waals surface area contributed by atoms with E-state index >= 15 is 0 Å². The second-order valence-corrected chi connectivity index (χ2v) is 8.18. The summed E-state index contributed by atoms with van der Waals surface area (Å²) in [6.07, 6.45) is 2.76. The highest BCUT2D eigenvalue weighted by Gasteiger charge is 2.22. The highest BCUT2D eigenvalue weighted by Crippen LogP contribution is 2.26. The number of nitrogens with zero attached hydrogens (tertiary/aromatic N) is 2. The Bertz CT molecular complexity index is 1260. The summed E-state index contributed by atoms with van der Waals surface area (Å²) in [4.78, 5) is 26.0. The molecule has 0 bridgehead atoms. The third-order valence-corrected chi connectivity index (χ3v) is 5.88. The molecule has 2 aromatic carbocycles. The summed E-state index contributed by atoms with van der Waals surface area (Å²) in [6.45, 7) is 2.17. The maximum atomic E-state index is 12.8. The molecule has 0 saturated heterocycles. The lowest BCUT2D eigenvalue weighted by atomic mass is 10.1. The Kier molecular flexibility index (Phi) is 4.66. The Balaban J connectivity index is 1.41. The van der Waals surface area contributed by atoms with Crippen molar-refractivity contribution in [1.29, 1.82) is 0 Å². The molecule has 2 N–H and O–H groups in total. The molecule has 1 aliphatic heterocycles. The van der Waals surface area contributed by atoms with E-state index in [9.17, 15) is 4.79 Å². The van der Waals surface area contributed by atoms with Crippen LogP contribution in [0.25, 0.3) is 22.3 Å². The van der Waals surface area contributed by atoms with E-state index in [4.69, 9.17) is 28.2 Å². The Morgan fingerprint density at radius 1 is 1.07 bits per heavy atom. The average Bonchev–Trinajstić information content (AvgIpc) is 3.11. The average molecular weight is 425 g/mol. The van der Waals surface area contributed by atoms with E-state index in [0.717, 1.165) is 52.3 Å². The molecule has 3 heterocycles. The van der Waals surface area contributed by atoms with Gasteiger partial charge in [0.2, 0.25) is 0 Å². The number of aromatic nitrogens is 3.